The summed E-state index contributed by atoms with van der Waals surface area (Å²) in [5.41, 5.74) is -0.0792. The molecule has 0 aromatic heterocycles. The lowest BCUT2D eigenvalue weighted by Crippen LogP contribution is -2.35. The molecule has 0 heterocycles. The van der Waals surface area contributed by atoms with E-state index in [1.165, 1.54) is 0 Å². The van der Waals surface area contributed by atoms with E-state index in [4.69, 9.17) is 4.74 Å². The molecule has 0 unspecified atom stereocenters. The van der Waals surface area contributed by atoms with Gasteiger partial charge in [0.1, 0.15) is 5.60 Å². The van der Waals surface area contributed by atoms with Crippen molar-refractivity contribution in [2.24, 2.45) is 5.41 Å². The first-order chi connectivity index (χ1) is 7.01. The first-order valence-electron chi connectivity index (χ1n) is 5.95. The summed E-state index contributed by atoms with van der Waals surface area (Å²) in [5, 5.41) is 0. The summed E-state index contributed by atoms with van der Waals surface area (Å²) in [6.45, 7) is 13.0. The van der Waals surface area contributed by atoms with Gasteiger partial charge in [-0.3, -0.25) is 0 Å². The zero-order valence-electron chi connectivity index (χ0n) is 11.9. The van der Waals surface area contributed by atoms with Crippen molar-refractivity contribution in [1.29, 1.82) is 0 Å². The second kappa shape index (κ2) is 5.55. The maximum Gasteiger partial charge on any atom is 0.410 e. The highest BCUT2D eigenvalue weighted by Crippen LogP contribution is 2.20. The number of carbonyl (C=O) groups is 1. The van der Waals surface area contributed by atoms with Gasteiger partial charge in [-0.1, -0.05) is 20.8 Å². The second-order valence-electron chi connectivity index (χ2n) is 6.57. The minimum Gasteiger partial charge on any atom is -0.444 e. The van der Waals surface area contributed by atoms with E-state index in [2.05, 4.69) is 20.8 Å². The molecule has 0 aliphatic rings. The van der Waals surface area contributed by atoms with E-state index in [0.717, 1.165) is 19.4 Å². The van der Waals surface area contributed by atoms with Gasteiger partial charge in [-0.2, -0.15) is 0 Å². The van der Waals surface area contributed by atoms with Gasteiger partial charge in [0.15, 0.2) is 0 Å². The van der Waals surface area contributed by atoms with E-state index < -0.39 is 5.60 Å². The van der Waals surface area contributed by atoms with Crippen molar-refractivity contribution in [2.45, 2.75) is 60.0 Å². The molecular formula is C13H27NO2. The number of carbonyl (C=O) groups excluding carboxylic acids is 1. The maximum atomic E-state index is 11.6. The number of rotatable bonds is 3. The number of nitrogens with zero attached hydrogens (tertiary/aromatic N) is 1. The Balaban J connectivity index is 3.89. The summed E-state index contributed by atoms with van der Waals surface area (Å²) in [6, 6.07) is 0. The van der Waals surface area contributed by atoms with Gasteiger partial charge in [0, 0.05) is 13.6 Å². The molecule has 96 valence electrons. The maximum absolute atomic E-state index is 11.6. The van der Waals surface area contributed by atoms with Crippen molar-refractivity contribution in [2.75, 3.05) is 13.6 Å². The Bertz CT molecular complexity index is 223. The molecular weight excluding hydrogens is 202 g/mol. The van der Waals surface area contributed by atoms with Gasteiger partial charge >= 0.3 is 6.09 Å². The fourth-order valence-corrected chi connectivity index (χ4v) is 1.28. The van der Waals surface area contributed by atoms with Crippen LogP contribution in [-0.4, -0.2) is 30.2 Å². The summed E-state index contributed by atoms with van der Waals surface area (Å²) in [7, 11) is 1.79. The molecule has 0 aromatic rings. The highest BCUT2D eigenvalue weighted by Gasteiger charge is 2.19. The molecule has 0 aliphatic carbocycles. The zero-order valence-corrected chi connectivity index (χ0v) is 11.9. The van der Waals surface area contributed by atoms with Crippen LogP contribution in [0.3, 0.4) is 0 Å². The summed E-state index contributed by atoms with van der Waals surface area (Å²) in [4.78, 5) is 13.3. The molecule has 16 heavy (non-hydrogen) atoms. The van der Waals surface area contributed by atoms with Crippen molar-refractivity contribution in [3.05, 3.63) is 0 Å². The standard InChI is InChI=1S/C13H27NO2/c1-12(2,3)9-8-10-14(7)11(15)16-13(4,5)6/h8-10H2,1-7H3. The summed E-state index contributed by atoms with van der Waals surface area (Å²) in [6.07, 6.45) is 1.89. The molecule has 3 heteroatoms. The van der Waals surface area contributed by atoms with Crippen LogP contribution in [0.15, 0.2) is 0 Å². The predicted octanol–water partition coefficient (Wildman–Crippen LogP) is 3.68. The first-order valence-corrected chi connectivity index (χ1v) is 5.95. The van der Waals surface area contributed by atoms with Gasteiger partial charge in [-0.05, 0) is 39.0 Å². The van der Waals surface area contributed by atoms with E-state index in [1.807, 2.05) is 20.8 Å². The summed E-state index contributed by atoms with van der Waals surface area (Å²) >= 11 is 0. The number of hydrogen-bond acceptors (Lipinski definition) is 2. The number of ether oxygens (including phenoxy) is 1. The third-order valence-corrected chi connectivity index (χ3v) is 2.13. The zero-order chi connectivity index (χ0) is 13.0. The molecule has 0 aliphatic heterocycles. The van der Waals surface area contributed by atoms with Crippen LogP contribution in [0.25, 0.3) is 0 Å². The Labute approximate surface area is 100 Å². The topological polar surface area (TPSA) is 29.5 Å². The molecule has 1 amide bonds. The minimum atomic E-state index is -0.407. The summed E-state index contributed by atoms with van der Waals surface area (Å²) in [5.74, 6) is 0. The van der Waals surface area contributed by atoms with Crippen molar-refractivity contribution < 1.29 is 9.53 Å². The quantitative estimate of drug-likeness (QED) is 0.739. The molecule has 0 spiro atoms. The van der Waals surface area contributed by atoms with Gasteiger partial charge in [-0.15, -0.1) is 0 Å². The molecule has 0 radical (unpaired) electrons. The van der Waals surface area contributed by atoms with Gasteiger partial charge in [-0.25, -0.2) is 4.79 Å². The highest BCUT2D eigenvalue weighted by atomic mass is 16.6. The molecule has 0 atom stereocenters. The second-order valence-corrected chi connectivity index (χ2v) is 6.57. The SMILES string of the molecule is CN(CCCC(C)(C)C)C(=O)OC(C)(C)C. The molecule has 0 bridgehead atoms. The van der Waals surface area contributed by atoms with Crippen LogP contribution in [0.2, 0.25) is 0 Å². The fraction of sp³-hybridized carbons (Fsp3) is 0.923. The summed E-state index contributed by atoms with van der Waals surface area (Å²) < 4.78 is 5.27. The molecule has 0 rings (SSSR count). The van der Waals surface area contributed by atoms with Crippen LogP contribution >= 0.6 is 0 Å². The lowest BCUT2D eigenvalue weighted by molar-refractivity contribution is 0.0292. The van der Waals surface area contributed by atoms with E-state index in [1.54, 1.807) is 11.9 Å². The third-order valence-electron chi connectivity index (χ3n) is 2.13. The van der Waals surface area contributed by atoms with Crippen LogP contribution in [0.1, 0.15) is 54.4 Å². The Kier molecular flexibility index (Phi) is 5.30. The largest absolute Gasteiger partial charge is 0.444 e. The normalized spacial score (nSPS) is 12.4. The fourth-order valence-electron chi connectivity index (χ4n) is 1.28. The molecule has 0 aromatic carbocycles. The van der Waals surface area contributed by atoms with E-state index in [-0.39, 0.29) is 6.09 Å². The Morgan fingerprint density at radius 2 is 1.62 bits per heavy atom. The number of hydrogen-bond donors (Lipinski definition) is 0. The molecule has 0 N–H and O–H groups in total. The third kappa shape index (κ3) is 8.57. The van der Waals surface area contributed by atoms with Crippen LogP contribution < -0.4 is 0 Å². The van der Waals surface area contributed by atoms with E-state index in [9.17, 15) is 4.79 Å². The van der Waals surface area contributed by atoms with Gasteiger partial charge < -0.3 is 9.64 Å². The molecule has 0 saturated heterocycles. The minimum absolute atomic E-state index is 0.235. The molecule has 0 saturated carbocycles. The smallest absolute Gasteiger partial charge is 0.410 e. The van der Waals surface area contributed by atoms with E-state index >= 15 is 0 Å². The van der Waals surface area contributed by atoms with Crippen LogP contribution in [0.5, 0.6) is 0 Å². The Morgan fingerprint density at radius 3 is 2.00 bits per heavy atom. The van der Waals surface area contributed by atoms with Gasteiger partial charge in [0.25, 0.3) is 0 Å². The highest BCUT2D eigenvalue weighted by molar-refractivity contribution is 5.67. The van der Waals surface area contributed by atoms with Gasteiger partial charge in [0.05, 0.1) is 0 Å². The van der Waals surface area contributed by atoms with Crippen LogP contribution in [0, 0.1) is 5.41 Å². The van der Waals surface area contributed by atoms with Crippen molar-refractivity contribution in [3.8, 4) is 0 Å². The monoisotopic (exact) mass is 229 g/mol. The molecule has 0 fully saturated rings. The van der Waals surface area contributed by atoms with E-state index in [0.29, 0.717) is 5.41 Å². The Morgan fingerprint density at radius 1 is 1.12 bits per heavy atom. The van der Waals surface area contributed by atoms with Crippen molar-refractivity contribution in [1.82, 2.24) is 4.90 Å². The van der Waals surface area contributed by atoms with Crippen LogP contribution in [0.4, 0.5) is 4.79 Å². The average Bonchev–Trinajstić information content (AvgIpc) is 1.98. The average molecular weight is 229 g/mol. The predicted molar refractivity (Wildman–Crippen MR) is 67.6 cm³/mol. The lowest BCUT2D eigenvalue weighted by atomic mass is 9.90. The van der Waals surface area contributed by atoms with Crippen molar-refractivity contribution in [3.63, 3.8) is 0 Å². The van der Waals surface area contributed by atoms with Crippen molar-refractivity contribution >= 4 is 6.09 Å². The molecule has 3 nitrogen and oxygen atoms in total. The Hall–Kier alpha value is -0.730. The number of amides is 1. The first kappa shape index (κ1) is 15.3. The van der Waals surface area contributed by atoms with Gasteiger partial charge in [0.2, 0.25) is 0 Å². The lowest BCUT2D eigenvalue weighted by Gasteiger charge is -2.25. The van der Waals surface area contributed by atoms with Crippen LogP contribution in [-0.2, 0) is 4.74 Å².